The maximum absolute atomic E-state index is 11.7. The molecule has 24 heavy (non-hydrogen) atoms. The summed E-state index contributed by atoms with van der Waals surface area (Å²) in [7, 11) is 1.72. The number of nitrogens with one attached hydrogen (secondary N) is 2. The van der Waals surface area contributed by atoms with Crippen LogP contribution in [0.15, 0.2) is 29.3 Å². The Labute approximate surface area is 143 Å². The lowest BCUT2D eigenvalue weighted by Gasteiger charge is -2.37. The average Bonchev–Trinajstić information content (AvgIpc) is 2.61. The van der Waals surface area contributed by atoms with E-state index in [0.717, 1.165) is 44.2 Å². The number of hydrogen-bond acceptors (Lipinski definition) is 4. The van der Waals surface area contributed by atoms with Gasteiger partial charge in [0.05, 0.1) is 12.2 Å². The molecule has 2 rings (SSSR count). The minimum atomic E-state index is -0.0224. The molecule has 0 bridgehead atoms. The number of carbonyl (C=O) groups is 1. The van der Waals surface area contributed by atoms with Crippen molar-refractivity contribution in [3.63, 3.8) is 0 Å². The lowest BCUT2D eigenvalue weighted by molar-refractivity contribution is -0.120. The highest BCUT2D eigenvalue weighted by Gasteiger charge is 2.21. The summed E-state index contributed by atoms with van der Waals surface area (Å²) in [5.74, 6) is 1.02. The van der Waals surface area contributed by atoms with Gasteiger partial charge in [-0.1, -0.05) is 19.1 Å². The van der Waals surface area contributed by atoms with Crippen molar-refractivity contribution in [3.8, 4) is 5.75 Å². The van der Waals surface area contributed by atoms with Crippen LogP contribution < -0.4 is 15.5 Å². The molecule has 0 aromatic heterocycles. The molecule has 1 aromatic rings. The molecular weight excluding hydrogens is 306 g/mol. The van der Waals surface area contributed by atoms with Gasteiger partial charge in [0, 0.05) is 39.8 Å². The molecule has 0 radical (unpaired) electrons. The van der Waals surface area contributed by atoms with Crippen molar-refractivity contribution in [1.29, 1.82) is 0 Å². The average molecular weight is 333 g/mol. The van der Waals surface area contributed by atoms with E-state index in [1.54, 1.807) is 13.1 Å². The van der Waals surface area contributed by atoms with E-state index in [4.69, 9.17) is 0 Å². The lowest BCUT2D eigenvalue weighted by Crippen LogP contribution is -2.53. The normalized spacial score (nSPS) is 15.3. The van der Waals surface area contributed by atoms with Crippen molar-refractivity contribution in [2.75, 3.05) is 51.2 Å². The van der Waals surface area contributed by atoms with E-state index in [1.807, 2.05) is 25.1 Å². The molecule has 7 heteroatoms. The molecule has 0 unspecified atom stereocenters. The van der Waals surface area contributed by atoms with Crippen LogP contribution in [0.2, 0.25) is 0 Å². The molecule has 1 fully saturated rings. The van der Waals surface area contributed by atoms with Crippen molar-refractivity contribution >= 4 is 17.6 Å². The Morgan fingerprint density at radius 2 is 1.92 bits per heavy atom. The maximum Gasteiger partial charge on any atom is 0.239 e. The highest BCUT2D eigenvalue weighted by molar-refractivity contribution is 5.86. The lowest BCUT2D eigenvalue weighted by atomic mass is 10.2. The zero-order valence-corrected chi connectivity index (χ0v) is 14.5. The van der Waals surface area contributed by atoms with Crippen LogP contribution in [0, 0.1) is 0 Å². The quantitative estimate of drug-likeness (QED) is 0.544. The Bertz CT molecular complexity index is 568. The van der Waals surface area contributed by atoms with Gasteiger partial charge in [0.15, 0.2) is 5.96 Å². The maximum atomic E-state index is 11.7. The molecule has 1 aliphatic heterocycles. The van der Waals surface area contributed by atoms with Crippen LogP contribution in [0.3, 0.4) is 0 Å². The third kappa shape index (κ3) is 4.78. The zero-order valence-electron chi connectivity index (χ0n) is 14.5. The van der Waals surface area contributed by atoms with Gasteiger partial charge in [0.2, 0.25) is 5.91 Å². The first-order valence-electron chi connectivity index (χ1n) is 8.41. The van der Waals surface area contributed by atoms with Gasteiger partial charge in [-0.15, -0.1) is 0 Å². The Kier molecular flexibility index (Phi) is 6.72. The minimum absolute atomic E-state index is 0.0224. The number of para-hydroxylation sites is 2. The number of phenolic OH excluding ortho intramolecular Hbond substituents is 1. The van der Waals surface area contributed by atoms with Gasteiger partial charge in [-0.25, -0.2) is 0 Å². The summed E-state index contributed by atoms with van der Waals surface area (Å²) in [5, 5.41) is 15.9. The second kappa shape index (κ2) is 9.00. The summed E-state index contributed by atoms with van der Waals surface area (Å²) in [6.45, 7) is 6.09. The van der Waals surface area contributed by atoms with Gasteiger partial charge in [-0.05, 0) is 18.6 Å². The summed E-state index contributed by atoms with van der Waals surface area (Å²) in [6, 6.07) is 7.38. The Morgan fingerprint density at radius 3 is 2.54 bits per heavy atom. The second-order valence-corrected chi connectivity index (χ2v) is 5.71. The molecule has 0 atom stereocenters. The number of amides is 1. The van der Waals surface area contributed by atoms with E-state index in [-0.39, 0.29) is 12.5 Å². The highest BCUT2D eigenvalue weighted by Crippen LogP contribution is 2.27. The van der Waals surface area contributed by atoms with Crippen LogP contribution in [0.5, 0.6) is 5.75 Å². The van der Waals surface area contributed by atoms with Crippen LogP contribution in [-0.2, 0) is 4.79 Å². The number of aromatic hydroxyl groups is 1. The summed E-state index contributed by atoms with van der Waals surface area (Å²) in [6.07, 6.45) is 0.925. The predicted octanol–water partition coefficient (Wildman–Crippen LogP) is 0.616. The minimum Gasteiger partial charge on any atom is -0.506 e. The molecule has 1 amide bonds. The van der Waals surface area contributed by atoms with Gasteiger partial charge in [0.25, 0.3) is 0 Å². The van der Waals surface area contributed by atoms with Crippen molar-refractivity contribution < 1.29 is 9.90 Å². The van der Waals surface area contributed by atoms with E-state index in [9.17, 15) is 9.90 Å². The first-order valence-corrected chi connectivity index (χ1v) is 8.41. The zero-order chi connectivity index (χ0) is 17.4. The van der Waals surface area contributed by atoms with Crippen LogP contribution in [0.25, 0.3) is 0 Å². The van der Waals surface area contributed by atoms with Crippen LogP contribution >= 0.6 is 0 Å². The van der Waals surface area contributed by atoms with Crippen molar-refractivity contribution in [2.24, 2.45) is 4.99 Å². The number of guanidine groups is 1. The summed E-state index contributed by atoms with van der Waals surface area (Å²) >= 11 is 0. The third-order valence-electron chi connectivity index (χ3n) is 3.99. The Morgan fingerprint density at radius 1 is 1.21 bits per heavy atom. The Hall–Kier alpha value is -2.44. The van der Waals surface area contributed by atoms with E-state index in [2.05, 4.69) is 25.4 Å². The molecule has 1 aliphatic rings. The monoisotopic (exact) mass is 333 g/mol. The number of carbonyl (C=O) groups excluding carboxylic acids is 1. The Balaban J connectivity index is 1.84. The number of phenols is 1. The predicted molar refractivity (Wildman–Crippen MR) is 96.6 cm³/mol. The van der Waals surface area contributed by atoms with E-state index >= 15 is 0 Å². The molecule has 0 spiro atoms. The van der Waals surface area contributed by atoms with Gasteiger partial charge < -0.3 is 25.5 Å². The number of anilines is 1. The molecule has 0 aliphatic carbocycles. The topological polar surface area (TPSA) is 80.2 Å². The number of benzene rings is 1. The molecule has 7 nitrogen and oxygen atoms in total. The molecule has 0 saturated carbocycles. The molecule has 132 valence electrons. The standard InChI is InChI=1S/C17H27N5O2/c1-3-8-19-16(24)13-20-17(18-2)22-11-9-21(10-12-22)14-6-4-5-7-15(14)23/h4-7,23H,3,8-13H2,1-2H3,(H,18,20)(H,19,24). The fraction of sp³-hybridized carbons (Fsp3) is 0.529. The van der Waals surface area contributed by atoms with E-state index < -0.39 is 0 Å². The fourth-order valence-electron chi connectivity index (χ4n) is 2.71. The fourth-order valence-corrected chi connectivity index (χ4v) is 2.71. The number of nitrogens with zero attached hydrogens (tertiary/aromatic N) is 3. The number of piperazine rings is 1. The van der Waals surface area contributed by atoms with Crippen LogP contribution in [-0.4, -0.2) is 68.2 Å². The van der Waals surface area contributed by atoms with Crippen LogP contribution in [0.4, 0.5) is 5.69 Å². The number of aliphatic imine (C=N–C) groups is 1. The SMILES string of the molecule is CCCNC(=O)CNC(=NC)N1CCN(c2ccccc2O)CC1. The second-order valence-electron chi connectivity index (χ2n) is 5.71. The van der Waals surface area contributed by atoms with Gasteiger partial charge in [-0.3, -0.25) is 9.79 Å². The largest absolute Gasteiger partial charge is 0.506 e. The van der Waals surface area contributed by atoms with Gasteiger partial charge >= 0.3 is 0 Å². The molecular formula is C17H27N5O2. The van der Waals surface area contributed by atoms with Crippen molar-refractivity contribution in [2.45, 2.75) is 13.3 Å². The summed E-state index contributed by atoms with van der Waals surface area (Å²) in [4.78, 5) is 20.2. The summed E-state index contributed by atoms with van der Waals surface area (Å²) in [5.41, 5.74) is 0.860. The number of rotatable bonds is 5. The van der Waals surface area contributed by atoms with Crippen molar-refractivity contribution in [1.82, 2.24) is 15.5 Å². The van der Waals surface area contributed by atoms with Crippen molar-refractivity contribution in [3.05, 3.63) is 24.3 Å². The van der Waals surface area contributed by atoms with Crippen LogP contribution in [0.1, 0.15) is 13.3 Å². The smallest absolute Gasteiger partial charge is 0.239 e. The molecule has 1 saturated heterocycles. The highest BCUT2D eigenvalue weighted by atomic mass is 16.3. The first kappa shape index (κ1) is 17.9. The summed E-state index contributed by atoms with van der Waals surface area (Å²) < 4.78 is 0. The third-order valence-corrected chi connectivity index (χ3v) is 3.99. The van der Waals surface area contributed by atoms with E-state index in [1.165, 1.54) is 0 Å². The first-order chi connectivity index (χ1) is 11.7. The van der Waals surface area contributed by atoms with E-state index in [0.29, 0.717) is 12.3 Å². The molecule has 3 N–H and O–H groups in total. The number of hydrogen-bond donors (Lipinski definition) is 3. The molecule has 1 heterocycles. The van der Waals surface area contributed by atoms with Gasteiger partial charge in [-0.2, -0.15) is 0 Å². The van der Waals surface area contributed by atoms with Gasteiger partial charge in [0.1, 0.15) is 5.75 Å². The molecule has 1 aromatic carbocycles.